The van der Waals surface area contributed by atoms with Gasteiger partial charge in [-0.25, -0.2) is 4.79 Å². The number of fused-ring (bicyclic) bond motifs is 1. The number of benzene rings is 1. The molecule has 2 aliphatic heterocycles. The van der Waals surface area contributed by atoms with E-state index >= 15 is 0 Å². The lowest BCUT2D eigenvalue weighted by Gasteiger charge is -2.19. The lowest BCUT2D eigenvalue weighted by molar-refractivity contribution is 0.111. The summed E-state index contributed by atoms with van der Waals surface area (Å²) in [6.07, 6.45) is 5.13. The maximum atomic E-state index is 12.2. The van der Waals surface area contributed by atoms with E-state index in [1.54, 1.807) is 4.90 Å². The van der Waals surface area contributed by atoms with Gasteiger partial charge in [-0.1, -0.05) is 30.3 Å². The number of rotatable bonds is 2. The van der Waals surface area contributed by atoms with Gasteiger partial charge in [-0.3, -0.25) is 4.90 Å². The molecule has 2 aliphatic rings. The van der Waals surface area contributed by atoms with E-state index in [1.807, 2.05) is 36.5 Å². The second kappa shape index (κ2) is 5.99. The van der Waals surface area contributed by atoms with Crippen LogP contribution >= 0.6 is 0 Å². The van der Waals surface area contributed by atoms with Crippen LogP contribution in [-0.2, 0) is 11.3 Å². The number of carbonyl (C=O) groups excluding carboxylic acids is 1. The van der Waals surface area contributed by atoms with Crippen LogP contribution in [0.25, 0.3) is 0 Å². The van der Waals surface area contributed by atoms with Gasteiger partial charge in [0.1, 0.15) is 6.61 Å². The predicted octanol–water partition coefficient (Wildman–Crippen LogP) is 2.87. The van der Waals surface area contributed by atoms with Crippen LogP contribution in [0.3, 0.4) is 0 Å². The highest BCUT2D eigenvalue weighted by Crippen LogP contribution is 2.32. The molecule has 0 aromatic heterocycles. The summed E-state index contributed by atoms with van der Waals surface area (Å²) in [5.74, 6) is 0.509. The standard InChI is InChI=1S/C16H20N2O2/c19-16(20-12-13-5-2-1-3-6-13)18-10-8-14-7-4-9-17-11-15(14)18/h1-3,5-6,11,14,17H,4,7-10,12H2/t14-/m1/s1. The summed E-state index contributed by atoms with van der Waals surface area (Å²) in [6, 6.07) is 9.79. The first kappa shape index (κ1) is 13.0. The fourth-order valence-electron chi connectivity index (χ4n) is 2.89. The van der Waals surface area contributed by atoms with E-state index in [2.05, 4.69) is 5.32 Å². The van der Waals surface area contributed by atoms with Crippen molar-refractivity contribution in [3.8, 4) is 0 Å². The molecule has 1 fully saturated rings. The average Bonchev–Trinajstić information content (AvgIpc) is 2.75. The summed E-state index contributed by atoms with van der Waals surface area (Å²) >= 11 is 0. The third kappa shape index (κ3) is 2.79. The van der Waals surface area contributed by atoms with E-state index in [1.165, 1.54) is 0 Å². The van der Waals surface area contributed by atoms with Crippen LogP contribution in [0, 0.1) is 5.92 Å². The zero-order valence-corrected chi connectivity index (χ0v) is 11.5. The Kier molecular flexibility index (Phi) is 3.90. The summed E-state index contributed by atoms with van der Waals surface area (Å²) in [5, 5.41) is 3.27. The van der Waals surface area contributed by atoms with Crippen molar-refractivity contribution in [1.82, 2.24) is 10.2 Å². The fraction of sp³-hybridized carbons (Fsp3) is 0.438. The monoisotopic (exact) mass is 272 g/mol. The lowest BCUT2D eigenvalue weighted by atomic mass is 10.0. The Bertz CT molecular complexity index is 498. The van der Waals surface area contributed by atoms with Crippen LogP contribution < -0.4 is 5.32 Å². The zero-order valence-electron chi connectivity index (χ0n) is 11.5. The first-order valence-corrected chi connectivity index (χ1v) is 7.26. The molecule has 0 bridgehead atoms. The molecule has 4 heteroatoms. The molecule has 4 nitrogen and oxygen atoms in total. The number of amides is 1. The summed E-state index contributed by atoms with van der Waals surface area (Å²) in [6.45, 7) is 2.10. The lowest BCUT2D eigenvalue weighted by Crippen LogP contribution is -2.28. The number of allylic oxidation sites excluding steroid dienone is 1. The van der Waals surface area contributed by atoms with Gasteiger partial charge in [0.25, 0.3) is 0 Å². The van der Waals surface area contributed by atoms with Gasteiger partial charge in [0.05, 0.1) is 0 Å². The smallest absolute Gasteiger partial charge is 0.414 e. The molecule has 20 heavy (non-hydrogen) atoms. The normalized spacial score (nSPS) is 21.5. The number of nitrogens with zero attached hydrogens (tertiary/aromatic N) is 1. The van der Waals surface area contributed by atoms with E-state index in [0.29, 0.717) is 12.5 Å². The number of hydrogen-bond donors (Lipinski definition) is 1. The highest BCUT2D eigenvalue weighted by Gasteiger charge is 2.33. The van der Waals surface area contributed by atoms with Gasteiger partial charge >= 0.3 is 6.09 Å². The molecule has 0 aliphatic carbocycles. The van der Waals surface area contributed by atoms with Gasteiger partial charge in [-0.05, 0) is 24.8 Å². The first-order valence-electron chi connectivity index (χ1n) is 7.26. The molecule has 1 aromatic rings. The van der Waals surface area contributed by atoms with Crippen molar-refractivity contribution in [2.24, 2.45) is 5.92 Å². The second-order valence-electron chi connectivity index (χ2n) is 5.34. The topological polar surface area (TPSA) is 41.6 Å². The van der Waals surface area contributed by atoms with Gasteiger partial charge in [-0.2, -0.15) is 0 Å². The Hall–Kier alpha value is -1.97. The molecule has 3 rings (SSSR count). The molecule has 0 spiro atoms. The maximum Gasteiger partial charge on any atom is 0.414 e. The molecule has 1 N–H and O–H groups in total. The molecule has 2 heterocycles. The van der Waals surface area contributed by atoms with Gasteiger partial charge in [0.15, 0.2) is 0 Å². The van der Waals surface area contributed by atoms with Crippen molar-refractivity contribution in [3.05, 3.63) is 47.8 Å². The predicted molar refractivity (Wildman–Crippen MR) is 76.8 cm³/mol. The summed E-state index contributed by atoms with van der Waals surface area (Å²) in [5.41, 5.74) is 2.12. The highest BCUT2D eigenvalue weighted by atomic mass is 16.6. The van der Waals surface area contributed by atoms with Crippen LogP contribution in [0.1, 0.15) is 24.8 Å². The molecule has 0 saturated carbocycles. The molecule has 1 atom stereocenters. The van der Waals surface area contributed by atoms with E-state index in [9.17, 15) is 4.79 Å². The third-order valence-electron chi connectivity index (χ3n) is 3.98. The van der Waals surface area contributed by atoms with Crippen LogP contribution in [0.15, 0.2) is 42.2 Å². The molecule has 1 aromatic carbocycles. The Labute approximate surface area is 119 Å². The van der Waals surface area contributed by atoms with E-state index in [-0.39, 0.29) is 6.09 Å². The maximum absolute atomic E-state index is 12.2. The van der Waals surface area contributed by atoms with Crippen molar-refractivity contribution in [2.45, 2.75) is 25.9 Å². The number of nitrogens with one attached hydrogen (secondary N) is 1. The van der Waals surface area contributed by atoms with E-state index < -0.39 is 0 Å². The van der Waals surface area contributed by atoms with Crippen LogP contribution in [0.4, 0.5) is 4.79 Å². The van der Waals surface area contributed by atoms with E-state index in [0.717, 1.165) is 43.6 Å². The average molecular weight is 272 g/mol. The van der Waals surface area contributed by atoms with Crippen LogP contribution in [0.2, 0.25) is 0 Å². The second-order valence-corrected chi connectivity index (χ2v) is 5.34. The number of hydrogen-bond acceptors (Lipinski definition) is 3. The quantitative estimate of drug-likeness (QED) is 0.900. The minimum atomic E-state index is -0.230. The molecule has 0 radical (unpaired) electrons. The minimum absolute atomic E-state index is 0.230. The van der Waals surface area contributed by atoms with Crippen molar-refractivity contribution in [2.75, 3.05) is 13.1 Å². The summed E-state index contributed by atoms with van der Waals surface area (Å²) in [4.78, 5) is 14.0. The molecular weight excluding hydrogens is 252 g/mol. The number of carbonyl (C=O) groups is 1. The molecule has 106 valence electrons. The molecule has 1 amide bonds. The van der Waals surface area contributed by atoms with Crippen molar-refractivity contribution < 1.29 is 9.53 Å². The van der Waals surface area contributed by atoms with Gasteiger partial charge in [0.2, 0.25) is 0 Å². The molecular formula is C16H20N2O2. The van der Waals surface area contributed by atoms with Crippen molar-refractivity contribution in [1.29, 1.82) is 0 Å². The Morgan fingerprint density at radius 2 is 2.15 bits per heavy atom. The van der Waals surface area contributed by atoms with Gasteiger partial charge < -0.3 is 10.1 Å². The molecule has 1 saturated heterocycles. The minimum Gasteiger partial charge on any atom is -0.444 e. The Balaban J connectivity index is 1.61. The number of likely N-dealkylation sites (tertiary alicyclic amines) is 1. The highest BCUT2D eigenvalue weighted by molar-refractivity contribution is 5.70. The summed E-state index contributed by atoms with van der Waals surface area (Å²) in [7, 11) is 0. The zero-order chi connectivity index (χ0) is 13.8. The largest absolute Gasteiger partial charge is 0.444 e. The Morgan fingerprint density at radius 3 is 3.00 bits per heavy atom. The Morgan fingerprint density at radius 1 is 1.30 bits per heavy atom. The van der Waals surface area contributed by atoms with E-state index in [4.69, 9.17) is 4.74 Å². The SMILES string of the molecule is O=C(OCc1ccccc1)N1CC[C@H]2CCCNC=C21. The number of ether oxygens (including phenoxy) is 1. The van der Waals surface area contributed by atoms with Crippen molar-refractivity contribution in [3.63, 3.8) is 0 Å². The van der Waals surface area contributed by atoms with Crippen molar-refractivity contribution >= 4 is 6.09 Å². The first-order chi connectivity index (χ1) is 9.84. The van der Waals surface area contributed by atoms with Gasteiger partial charge in [0, 0.05) is 30.9 Å². The molecule has 0 unspecified atom stereocenters. The third-order valence-corrected chi connectivity index (χ3v) is 3.98. The van der Waals surface area contributed by atoms with Crippen LogP contribution in [-0.4, -0.2) is 24.1 Å². The summed E-state index contributed by atoms with van der Waals surface area (Å²) < 4.78 is 5.42. The van der Waals surface area contributed by atoms with Crippen LogP contribution in [0.5, 0.6) is 0 Å². The fourth-order valence-corrected chi connectivity index (χ4v) is 2.89. The van der Waals surface area contributed by atoms with Gasteiger partial charge in [-0.15, -0.1) is 0 Å².